The van der Waals surface area contributed by atoms with Crippen molar-refractivity contribution in [1.82, 2.24) is 35.2 Å². The number of unbranched alkanes of at least 4 members (excludes halogenated alkanes) is 1. The number of carbonyl (C=O) groups is 2. The van der Waals surface area contributed by atoms with E-state index in [1.54, 1.807) is 12.3 Å². The Balaban J connectivity index is 0.892. The van der Waals surface area contributed by atoms with E-state index in [0.717, 1.165) is 67.2 Å². The van der Waals surface area contributed by atoms with E-state index >= 15 is 0 Å². The Morgan fingerprint density at radius 1 is 0.878 bits per heavy atom. The third-order valence-corrected chi connectivity index (χ3v) is 8.21. The van der Waals surface area contributed by atoms with Crippen LogP contribution in [-0.4, -0.2) is 47.0 Å². The summed E-state index contributed by atoms with van der Waals surface area (Å²) in [6.45, 7) is 0.931. The van der Waals surface area contributed by atoms with Crippen LogP contribution in [0, 0.1) is 0 Å². The molecule has 4 aromatic rings. The van der Waals surface area contributed by atoms with Gasteiger partial charge in [-0.1, -0.05) is 11.3 Å². The molecule has 1 saturated carbocycles. The van der Waals surface area contributed by atoms with E-state index in [2.05, 4.69) is 41.1 Å². The van der Waals surface area contributed by atoms with Crippen LogP contribution in [0.3, 0.4) is 0 Å². The molecule has 0 radical (unpaired) electrons. The summed E-state index contributed by atoms with van der Waals surface area (Å²) < 4.78 is 2.02. The molecular weight excluding hydrogens is 538 g/mol. The van der Waals surface area contributed by atoms with Gasteiger partial charge < -0.3 is 10.6 Å². The van der Waals surface area contributed by atoms with Gasteiger partial charge in [-0.05, 0) is 93.2 Å². The van der Waals surface area contributed by atoms with Gasteiger partial charge >= 0.3 is 0 Å². The molecule has 2 amide bonds. The third-order valence-electron chi connectivity index (χ3n) is 7.31. The molecule has 0 saturated heterocycles. The number of amides is 2. The van der Waals surface area contributed by atoms with Crippen molar-refractivity contribution in [3.05, 3.63) is 69.9 Å². The number of hydrogen-bond acceptors (Lipinski definition) is 9. The largest absolute Gasteiger partial charge is 0.309 e. The fraction of sp³-hybridized carbons (Fsp3) is 0.448. The minimum atomic E-state index is -0.152. The average Bonchev–Trinajstić information content (AvgIpc) is 3.60. The van der Waals surface area contributed by atoms with Crippen molar-refractivity contribution >= 4 is 34.1 Å². The number of carbonyl (C=O) groups excluding carboxylic acids is 2. The van der Waals surface area contributed by atoms with Gasteiger partial charge in [0.1, 0.15) is 5.01 Å². The number of pyridine rings is 1. The molecule has 6 rings (SSSR count). The fourth-order valence-electron chi connectivity index (χ4n) is 5.05. The van der Waals surface area contributed by atoms with Crippen LogP contribution in [0.4, 0.5) is 10.9 Å². The van der Waals surface area contributed by atoms with Crippen LogP contribution < -0.4 is 10.6 Å². The Hall–Kier alpha value is -4.06. The first-order chi connectivity index (χ1) is 20.1. The normalized spacial score (nSPS) is 14.4. The molecule has 41 heavy (non-hydrogen) atoms. The van der Waals surface area contributed by atoms with Crippen LogP contribution in [0.25, 0.3) is 0 Å². The highest BCUT2D eigenvalue weighted by molar-refractivity contribution is 7.15. The molecule has 4 aromatic heterocycles. The summed E-state index contributed by atoms with van der Waals surface area (Å²) in [4.78, 5) is 29.2. The summed E-state index contributed by atoms with van der Waals surface area (Å²) in [5, 5.41) is 28.4. The first-order valence-corrected chi connectivity index (χ1v) is 15.1. The van der Waals surface area contributed by atoms with Crippen molar-refractivity contribution in [2.45, 2.75) is 83.1 Å². The first kappa shape index (κ1) is 27.1. The van der Waals surface area contributed by atoms with Gasteiger partial charge in [0.25, 0.3) is 0 Å². The van der Waals surface area contributed by atoms with E-state index in [4.69, 9.17) is 0 Å². The molecule has 0 spiro atoms. The smallest absolute Gasteiger partial charge is 0.232 e. The van der Waals surface area contributed by atoms with Crippen molar-refractivity contribution in [1.29, 1.82) is 0 Å². The Bertz CT molecular complexity index is 1490. The van der Waals surface area contributed by atoms with Gasteiger partial charge in [-0.2, -0.15) is 10.2 Å². The number of aromatic nitrogens is 7. The van der Waals surface area contributed by atoms with E-state index in [1.165, 1.54) is 41.9 Å². The second kappa shape index (κ2) is 12.6. The van der Waals surface area contributed by atoms with Crippen LogP contribution in [-0.2, 0) is 48.2 Å². The zero-order chi connectivity index (χ0) is 28.0. The predicted octanol–water partition coefficient (Wildman–Crippen LogP) is 4.06. The number of anilines is 2. The minimum absolute atomic E-state index is 0.124. The standard InChI is InChI=1S/C29H33N9O2S/c39-26(17-22-15-20(12-13-30-22)19-8-9-19)31-25-11-10-21(33-34-25)5-1-2-7-28-35-36-29(41-28)32-27(40)18-23-16-24-6-3-4-14-38(24)37-23/h10-13,15-16,19H,1-9,14,17-18H2,(H,31,34,39)(H,32,36,40). The fourth-order valence-corrected chi connectivity index (χ4v) is 5.85. The molecule has 0 unspecified atom stereocenters. The molecule has 1 aliphatic carbocycles. The summed E-state index contributed by atoms with van der Waals surface area (Å²) >= 11 is 1.41. The maximum atomic E-state index is 12.5. The predicted molar refractivity (Wildman–Crippen MR) is 155 cm³/mol. The number of rotatable bonds is 12. The maximum Gasteiger partial charge on any atom is 0.232 e. The van der Waals surface area contributed by atoms with Crippen molar-refractivity contribution in [2.75, 3.05) is 10.6 Å². The van der Waals surface area contributed by atoms with Gasteiger partial charge in [0.15, 0.2) is 5.82 Å². The number of hydrogen-bond donors (Lipinski definition) is 2. The van der Waals surface area contributed by atoms with Crippen LogP contribution in [0.15, 0.2) is 36.5 Å². The average molecular weight is 572 g/mol. The van der Waals surface area contributed by atoms with Gasteiger partial charge in [-0.15, -0.1) is 15.3 Å². The number of nitrogens with zero attached hydrogens (tertiary/aromatic N) is 7. The molecule has 0 bridgehead atoms. The van der Waals surface area contributed by atoms with Crippen LogP contribution in [0.5, 0.6) is 0 Å². The zero-order valence-corrected chi connectivity index (χ0v) is 23.7. The third kappa shape index (κ3) is 7.57. The van der Waals surface area contributed by atoms with Gasteiger partial charge in [-0.3, -0.25) is 19.3 Å². The number of aryl methyl sites for hydroxylation is 4. The first-order valence-electron chi connectivity index (χ1n) is 14.3. The Kier molecular flexibility index (Phi) is 8.36. The summed E-state index contributed by atoms with van der Waals surface area (Å²) in [6, 6.07) is 9.77. The highest BCUT2D eigenvalue weighted by Gasteiger charge is 2.24. The highest BCUT2D eigenvalue weighted by Crippen LogP contribution is 2.39. The summed E-state index contributed by atoms with van der Waals surface area (Å²) in [5.41, 5.74) is 4.92. The summed E-state index contributed by atoms with van der Waals surface area (Å²) in [7, 11) is 0. The van der Waals surface area contributed by atoms with Crippen molar-refractivity contribution < 1.29 is 9.59 Å². The van der Waals surface area contributed by atoms with Crippen LogP contribution in [0.2, 0.25) is 0 Å². The quantitative estimate of drug-likeness (QED) is 0.243. The molecule has 212 valence electrons. The van der Waals surface area contributed by atoms with Gasteiger partial charge in [-0.25, -0.2) is 0 Å². The SMILES string of the molecule is O=C(Cc1cc(C2CC2)ccn1)Nc1ccc(CCCCc2nnc(NC(=O)Cc3cc4n(n3)CCCC4)s2)nn1. The molecule has 2 aliphatic rings. The van der Waals surface area contributed by atoms with Crippen LogP contribution in [0.1, 0.15) is 77.8 Å². The Morgan fingerprint density at radius 3 is 2.56 bits per heavy atom. The Morgan fingerprint density at radius 2 is 1.73 bits per heavy atom. The van der Waals surface area contributed by atoms with E-state index < -0.39 is 0 Å². The maximum absolute atomic E-state index is 12.5. The molecule has 0 aromatic carbocycles. The van der Waals surface area contributed by atoms with Crippen molar-refractivity contribution in [2.24, 2.45) is 0 Å². The summed E-state index contributed by atoms with van der Waals surface area (Å²) in [6.07, 6.45) is 11.4. The lowest BCUT2D eigenvalue weighted by molar-refractivity contribution is -0.116. The molecule has 11 nitrogen and oxygen atoms in total. The lowest BCUT2D eigenvalue weighted by atomic mass is 10.1. The molecule has 5 heterocycles. The number of nitrogens with one attached hydrogen (secondary N) is 2. The minimum Gasteiger partial charge on any atom is -0.309 e. The van der Waals surface area contributed by atoms with E-state index in [9.17, 15) is 9.59 Å². The topological polar surface area (TPSA) is 140 Å². The second-order valence-electron chi connectivity index (χ2n) is 10.7. The van der Waals surface area contributed by atoms with E-state index in [-0.39, 0.29) is 24.7 Å². The van der Waals surface area contributed by atoms with Gasteiger partial charge in [0, 0.05) is 30.6 Å². The van der Waals surface area contributed by atoms with E-state index in [0.29, 0.717) is 16.9 Å². The summed E-state index contributed by atoms with van der Waals surface area (Å²) in [5.74, 6) is 0.791. The van der Waals surface area contributed by atoms with Gasteiger partial charge in [0.2, 0.25) is 16.9 Å². The van der Waals surface area contributed by atoms with Crippen LogP contribution >= 0.6 is 11.3 Å². The molecule has 2 N–H and O–H groups in total. The molecule has 1 aliphatic heterocycles. The lowest BCUT2D eigenvalue weighted by Crippen LogP contribution is -2.16. The second-order valence-corrected chi connectivity index (χ2v) is 11.8. The van der Waals surface area contributed by atoms with Crippen molar-refractivity contribution in [3.63, 3.8) is 0 Å². The molecule has 1 fully saturated rings. The molecule has 12 heteroatoms. The monoisotopic (exact) mass is 571 g/mol. The van der Waals surface area contributed by atoms with E-state index in [1.807, 2.05) is 28.9 Å². The van der Waals surface area contributed by atoms with Crippen molar-refractivity contribution in [3.8, 4) is 0 Å². The molecule has 0 atom stereocenters. The van der Waals surface area contributed by atoms with Gasteiger partial charge in [0.05, 0.1) is 24.2 Å². The Labute approximate surface area is 242 Å². The highest BCUT2D eigenvalue weighted by atomic mass is 32.1. The lowest BCUT2D eigenvalue weighted by Gasteiger charge is -2.11. The number of fused-ring (bicyclic) bond motifs is 1. The zero-order valence-electron chi connectivity index (χ0n) is 22.9. The molecular formula is C29H33N9O2S.